The van der Waals surface area contributed by atoms with Crippen LogP contribution < -0.4 is 10.6 Å². The Hall–Kier alpha value is -2.76. The van der Waals surface area contributed by atoms with E-state index in [1.807, 2.05) is 35.2 Å². The summed E-state index contributed by atoms with van der Waals surface area (Å²) in [6, 6.07) is 8.91. The molecule has 11 heteroatoms. The quantitative estimate of drug-likeness (QED) is 0.281. The summed E-state index contributed by atoms with van der Waals surface area (Å²) in [7, 11) is 0. The molecule has 35 heavy (non-hydrogen) atoms. The minimum Gasteiger partial charge on any atom is -0.477 e. The van der Waals surface area contributed by atoms with Crippen LogP contribution in [0.3, 0.4) is 0 Å². The van der Waals surface area contributed by atoms with Gasteiger partial charge in [0.05, 0.1) is 5.75 Å². The van der Waals surface area contributed by atoms with Crippen LogP contribution in [0.2, 0.25) is 0 Å². The number of allylic oxidation sites excluding steroid dienone is 1. The lowest BCUT2D eigenvalue weighted by molar-refractivity contribution is -0.150. The third kappa shape index (κ3) is 4.72. The van der Waals surface area contributed by atoms with Gasteiger partial charge in [0.2, 0.25) is 11.8 Å². The lowest BCUT2D eigenvalue weighted by atomic mass is 10.0. The first-order chi connectivity index (χ1) is 16.9. The zero-order chi connectivity index (χ0) is 24.5. The van der Waals surface area contributed by atoms with Crippen molar-refractivity contribution in [2.45, 2.75) is 35.2 Å². The summed E-state index contributed by atoms with van der Waals surface area (Å²) in [5, 5.41) is 15.5. The molecule has 3 atom stereocenters. The Morgan fingerprint density at radius 1 is 1.26 bits per heavy atom. The average molecular weight is 515 g/mol. The number of thioether (sulfide) groups is 2. The number of β-lactam (4-membered cyclic amide) rings is 1. The molecule has 4 heterocycles. The van der Waals surface area contributed by atoms with Crippen molar-refractivity contribution in [3.05, 3.63) is 53.3 Å². The van der Waals surface area contributed by atoms with Crippen LogP contribution >= 0.6 is 23.5 Å². The predicted molar refractivity (Wildman–Crippen MR) is 133 cm³/mol. The number of carboxylic acids is 1. The Kier molecular flexibility index (Phi) is 6.90. The standard InChI is InChI=1S/C24H26N4O5S2/c29-18(13-34-17-4-2-1-3-5-17)26-19-22(31)28-20(24(32)33)15(12-35-23(19)28)10-14-7-9-27(21(14)30)16-6-8-25-11-16/h1-5,10,16,19,23,25H,6-9,11-13H2,(H,26,29)(H,32,33)/b14-10+/t16-,19?,23-/m1/s1. The summed E-state index contributed by atoms with van der Waals surface area (Å²) in [4.78, 5) is 54.4. The molecule has 1 aromatic carbocycles. The molecule has 9 nitrogen and oxygen atoms in total. The van der Waals surface area contributed by atoms with Crippen LogP contribution in [-0.4, -0.2) is 87.2 Å². The number of nitrogens with zero attached hydrogens (tertiary/aromatic N) is 2. The lowest BCUT2D eigenvalue weighted by Crippen LogP contribution is -2.70. The molecule has 3 saturated heterocycles. The van der Waals surface area contributed by atoms with Crippen LogP contribution in [0.4, 0.5) is 0 Å². The molecule has 0 aliphatic carbocycles. The molecule has 0 bridgehead atoms. The van der Waals surface area contributed by atoms with E-state index in [2.05, 4.69) is 10.6 Å². The second-order valence-corrected chi connectivity index (χ2v) is 11.0. The molecule has 3 fully saturated rings. The predicted octanol–water partition coefficient (Wildman–Crippen LogP) is 1.04. The van der Waals surface area contributed by atoms with E-state index in [9.17, 15) is 24.3 Å². The van der Waals surface area contributed by atoms with E-state index >= 15 is 0 Å². The second-order valence-electron chi connectivity index (χ2n) is 8.80. The molecular formula is C24H26N4O5S2. The Balaban J connectivity index is 1.26. The first-order valence-electron chi connectivity index (χ1n) is 11.5. The molecule has 5 rings (SSSR count). The third-order valence-electron chi connectivity index (χ3n) is 6.61. The molecule has 3 amide bonds. The molecule has 4 aliphatic rings. The van der Waals surface area contributed by atoms with E-state index in [1.165, 1.54) is 28.4 Å². The van der Waals surface area contributed by atoms with Crippen molar-refractivity contribution >= 4 is 47.2 Å². The van der Waals surface area contributed by atoms with Crippen LogP contribution in [0.15, 0.2) is 58.1 Å². The maximum absolute atomic E-state index is 12.9. The topological polar surface area (TPSA) is 119 Å². The zero-order valence-electron chi connectivity index (χ0n) is 18.9. The minimum absolute atomic E-state index is 0.0564. The number of fused-ring (bicyclic) bond motifs is 1. The number of likely N-dealkylation sites (tertiary alicyclic amines) is 1. The number of hydrogen-bond acceptors (Lipinski definition) is 7. The number of nitrogens with one attached hydrogen (secondary N) is 2. The molecule has 3 N–H and O–H groups in total. The number of hydrogen-bond donors (Lipinski definition) is 3. The van der Waals surface area contributed by atoms with Gasteiger partial charge in [0.15, 0.2) is 0 Å². The fourth-order valence-corrected chi connectivity index (χ4v) is 6.90. The van der Waals surface area contributed by atoms with Gasteiger partial charge in [0, 0.05) is 35.4 Å². The van der Waals surface area contributed by atoms with E-state index < -0.39 is 23.3 Å². The number of carboxylic acid groups (broad SMARTS) is 1. The molecule has 184 valence electrons. The van der Waals surface area contributed by atoms with E-state index in [0.29, 0.717) is 29.9 Å². The number of aliphatic carboxylic acids is 1. The summed E-state index contributed by atoms with van der Waals surface area (Å²) in [6.45, 7) is 2.29. The Morgan fingerprint density at radius 2 is 2.06 bits per heavy atom. The van der Waals surface area contributed by atoms with Crippen molar-refractivity contribution < 1.29 is 24.3 Å². The highest BCUT2D eigenvalue weighted by molar-refractivity contribution is 8.00. The van der Waals surface area contributed by atoms with Gasteiger partial charge in [-0.25, -0.2) is 4.79 Å². The smallest absolute Gasteiger partial charge is 0.352 e. The lowest BCUT2D eigenvalue weighted by Gasteiger charge is -2.49. The largest absolute Gasteiger partial charge is 0.477 e. The molecule has 0 radical (unpaired) electrons. The fraction of sp³-hybridized carbons (Fsp3) is 0.417. The van der Waals surface area contributed by atoms with Crippen LogP contribution in [-0.2, 0) is 19.2 Å². The van der Waals surface area contributed by atoms with Crippen molar-refractivity contribution in [2.75, 3.05) is 31.1 Å². The second kappa shape index (κ2) is 10.1. The van der Waals surface area contributed by atoms with Crippen LogP contribution in [0.5, 0.6) is 0 Å². The van der Waals surface area contributed by atoms with Crippen molar-refractivity contribution in [3.8, 4) is 0 Å². The number of rotatable bonds is 7. The number of carbonyl (C=O) groups is 4. The Morgan fingerprint density at radius 3 is 2.77 bits per heavy atom. The number of amides is 3. The van der Waals surface area contributed by atoms with Gasteiger partial charge in [-0.2, -0.15) is 0 Å². The van der Waals surface area contributed by atoms with Gasteiger partial charge < -0.3 is 20.6 Å². The third-order valence-corrected chi connectivity index (χ3v) is 8.93. The van der Waals surface area contributed by atoms with Crippen molar-refractivity contribution in [2.24, 2.45) is 0 Å². The zero-order valence-corrected chi connectivity index (χ0v) is 20.6. The van der Waals surface area contributed by atoms with Crippen molar-refractivity contribution in [1.29, 1.82) is 0 Å². The maximum Gasteiger partial charge on any atom is 0.352 e. The minimum atomic E-state index is -1.21. The Labute approximate surface area is 211 Å². The summed E-state index contributed by atoms with van der Waals surface area (Å²) in [5.74, 6) is -1.46. The van der Waals surface area contributed by atoms with Crippen LogP contribution in [0.1, 0.15) is 12.8 Å². The molecule has 1 unspecified atom stereocenters. The van der Waals surface area contributed by atoms with Crippen molar-refractivity contribution in [1.82, 2.24) is 20.4 Å². The van der Waals surface area contributed by atoms with Gasteiger partial charge in [-0.15, -0.1) is 23.5 Å². The van der Waals surface area contributed by atoms with Crippen LogP contribution in [0, 0.1) is 0 Å². The van der Waals surface area contributed by atoms with Gasteiger partial charge >= 0.3 is 5.97 Å². The molecule has 0 spiro atoms. The average Bonchev–Trinajstić information content (AvgIpc) is 3.51. The summed E-state index contributed by atoms with van der Waals surface area (Å²) in [6.07, 6.45) is 3.14. The van der Waals surface area contributed by atoms with Crippen LogP contribution in [0.25, 0.3) is 0 Å². The van der Waals surface area contributed by atoms with Gasteiger partial charge in [0.25, 0.3) is 5.91 Å². The van der Waals surface area contributed by atoms with E-state index in [1.54, 1.807) is 6.08 Å². The molecular weight excluding hydrogens is 488 g/mol. The summed E-state index contributed by atoms with van der Waals surface area (Å²) in [5.41, 5.74) is 0.955. The molecule has 1 aromatic rings. The SMILES string of the molecule is O=C(CSc1ccccc1)NC1C(=O)N2C(C(=O)O)=C(/C=C3\CCN([C@@H]4CCNC4)C3=O)CS[C@H]12. The van der Waals surface area contributed by atoms with E-state index in [0.717, 1.165) is 24.4 Å². The first-order valence-corrected chi connectivity index (χ1v) is 13.6. The molecule has 0 aromatic heterocycles. The molecule has 4 aliphatic heterocycles. The highest BCUT2D eigenvalue weighted by atomic mass is 32.2. The summed E-state index contributed by atoms with van der Waals surface area (Å²) >= 11 is 2.78. The maximum atomic E-state index is 12.9. The van der Waals surface area contributed by atoms with Gasteiger partial charge in [-0.05, 0) is 43.2 Å². The van der Waals surface area contributed by atoms with Crippen molar-refractivity contribution in [3.63, 3.8) is 0 Å². The van der Waals surface area contributed by atoms with Gasteiger partial charge in [0.1, 0.15) is 17.1 Å². The first kappa shape index (κ1) is 24.0. The highest BCUT2D eigenvalue weighted by Crippen LogP contribution is 2.41. The monoisotopic (exact) mass is 514 g/mol. The normalized spacial score (nSPS) is 27.3. The summed E-state index contributed by atoms with van der Waals surface area (Å²) < 4.78 is 0. The highest BCUT2D eigenvalue weighted by Gasteiger charge is 2.54. The number of benzene rings is 1. The number of carbonyl (C=O) groups excluding carboxylic acids is 3. The van der Waals surface area contributed by atoms with Gasteiger partial charge in [-0.3, -0.25) is 19.3 Å². The van der Waals surface area contributed by atoms with E-state index in [-0.39, 0.29) is 29.3 Å². The van der Waals surface area contributed by atoms with Gasteiger partial charge in [-0.1, -0.05) is 18.2 Å². The molecule has 0 saturated carbocycles. The van der Waals surface area contributed by atoms with E-state index in [4.69, 9.17) is 0 Å². The Bertz CT molecular complexity index is 1120. The fourth-order valence-electron chi connectivity index (χ4n) is 4.87.